The minimum atomic E-state index is -1.13. The Balaban J connectivity index is 1.96. The second-order valence-corrected chi connectivity index (χ2v) is 6.22. The molecule has 0 radical (unpaired) electrons. The monoisotopic (exact) mass is 392 g/mol. The molecule has 2 aromatic carbocycles. The van der Waals surface area contributed by atoms with Gasteiger partial charge in [-0.3, -0.25) is 14.9 Å². The van der Waals surface area contributed by atoms with Gasteiger partial charge in [-0.1, -0.05) is 0 Å². The smallest absolute Gasteiger partial charge is 0.270 e. The number of carbonyl (C=O) groups excluding carboxylic acids is 1. The van der Waals surface area contributed by atoms with Crippen LogP contribution in [-0.4, -0.2) is 31.0 Å². The lowest BCUT2D eigenvalue weighted by atomic mass is 10.2. The molecule has 138 valence electrons. The number of nitro groups is 1. The largest absolute Gasteiger partial charge is 0.322 e. The molecule has 0 bridgehead atoms. The molecule has 1 amide bonds. The third-order valence-corrected chi connectivity index (χ3v) is 4.48. The molecule has 0 atom stereocenters. The van der Waals surface area contributed by atoms with E-state index in [2.05, 4.69) is 20.8 Å². The van der Waals surface area contributed by atoms with Gasteiger partial charge in [0.25, 0.3) is 11.6 Å². The maximum absolute atomic E-state index is 13.3. The lowest BCUT2D eigenvalue weighted by Crippen LogP contribution is -2.14. The number of anilines is 1. The second-order valence-electron chi connectivity index (χ2n) is 5.21. The number of hydrogen-bond donors (Lipinski definition) is 1. The Labute approximate surface area is 154 Å². The van der Waals surface area contributed by atoms with E-state index < -0.39 is 22.5 Å². The fourth-order valence-electron chi connectivity index (χ4n) is 2.08. The van der Waals surface area contributed by atoms with Crippen LogP contribution in [0.25, 0.3) is 0 Å². The minimum absolute atomic E-state index is 0.00156. The molecule has 0 aliphatic rings. The summed E-state index contributed by atoms with van der Waals surface area (Å²) in [6.07, 6.45) is 0. The summed E-state index contributed by atoms with van der Waals surface area (Å²) in [5.41, 5.74) is -0.338. The third-order valence-electron chi connectivity index (χ3n) is 3.38. The number of tetrazole rings is 1. The lowest BCUT2D eigenvalue weighted by Gasteiger charge is -2.10. The normalized spacial score (nSPS) is 10.6. The van der Waals surface area contributed by atoms with E-state index in [0.717, 1.165) is 30.0 Å². The number of nitro benzene ring substituents is 1. The molecule has 12 heteroatoms. The van der Waals surface area contributed by atoms with Gasteiger partial charge in [0.2, 0.25) is 5.16 Å². The summed E-state index contributed by atoms with van der Waals surface area (Å²) in [6, 6.07) is 6.55. The first kappa shape index (κ1) is 18.4. The molecule has 1 aromatic heterocycles. The van der Waals surface area contributed by atoms with Crippen molar-refractivity contribution in [1.29, 1.82) is 0 Å². The Kier molecular flexibility index (Phi) is 5.07. The Morgan fingerprint density at radius 3 is 2.63 bits per heavy atom. The second kappa shape index (κ2) is 7.45. The minimum Gasteiger partial charge on any atom is -0.322 e. The van der Waals surface area contributed by atoms with Gasteiger partial charge in [-0.05, 0) is 40.4 Å². The zero-order valence-electron chi connectivity index (χ0n) is 13.6. The van der Waals surface area contributed by atoms with Crippen LogP contribution in [0, 0.1) is 21.7 Å². The molecular weight excluding hydrogens is 382 g/mol. The Hall–Kier alpha value is -3.41. The van der Waals surface area contributed by atoms with E-state index in [-0.39, 0.29) is 16.9 Å². The molecule has 9 nitrogen and oxygen atoms in total. The molecule has 0 fully saturated rings. The van der Waals surface area contributed by atoms with Crippen LogP contribution in [0.2, 0.25) is 0 Å². The SMILES string of the molecule is Cn1nnnc1Sc1ccc([N+](=O)[O-])cc1C(=O)Nc1ccc(F)c(F)c1. The summed E-state index contributed by atoms with van der Waals surface area (Å²) in [7, 11) is 1.59. The van der Waals surface area contributed by atoms with E-state index in [4.69, 9.17) is 0 Å². The van der Waals surface area contributed by atoms with Gasteiger partial charge >= 0.3 is 0 Å². The first-order valence-corrected chi connectivity index (χ1v) is 8.12. The highest BCUT2D eigenvalue weighted by Crippen LogP contribution is 2.31. The van der Waals surface area contributed by atoms with Crippen LogP contribution in [0.4, 0.5) is 20.2 Å². The van der Waals surface area contributed by atoms with Gasteiger partial charge in [0.05, 0.1) is 10.5 Å². The van der Waals surface area contributed by atoms with E-state index in [9.17, 15) is 23.7 Å². The molecule has 0 aliphatic carbocycles. The number of rotatable bonds is 5. The number of amides is 1. The maximum Gasteiger partial charge on any atom is 0.270 e. The topological polar surface area (TPSA) is 116 Å². The number of nitrogens with one attached hydrogen (secondary N) is 1. The van der Waals surface area contributed by atoms with Gasteiger partial charge in [0.1, 0.15) is 0 Å². The van der Waals surface area contributed by atoms with Gasteiger partial charge in [0.15, 0.2) is 11.6 Å². The van der Waals surface area contributed by atoms with Crippen LogP contribution < -0.4 is 5.32 Å². The summed E-state index contributed by atoms with van der Waals surface area (Å²) in [6.45, 7) is 0. The van der Waals surface area contributed by atoms with Crippen LogP contribution >= 0.6 is 11.8 Å². The van der Waals surface area contributed by atoms with Crippen molar-refractivity contribution in [2.75, 3.05) is 5.32 Å². The van der Waals surface area contributed by atoms with Crippen molar-refractivity contribution in [3.63, 3.8) is 0 Å². The van der Waals surface area contributed by atoms with Crippen molar-refractivity contribution in [2.45, 2.75) is 10.1 Å². The van der Waals surface area contributed by atoms with Crippen molar-refractivity contribution in [3.05, 3.63) is 63.7 Å². The quantitative estimate of drug-likeness (QED) is 0.524. The van der Waals surface area contributed by atoms with Gasteiger partial charge < -0.3 is 5.32 Å². The number of non-ortho nitro benzene ring substituents is 1. The number of nitrogens with zero attached hydrogens (tertiary/aromatic N) is 5. The van der Waals surface area contributed by atoms with E-state index in [1.165, 1.54) is 22.9 Å². The maximum atomic E-state index is 13.3. The van der Waals surface area contributed by atoms with E-state index >= 15 is 0 Å². The first-order valence-electron chi connectivity index (χ1n) is 7.30. The zero-order chi connectivity index (χ0) is 19.6. The van der Waals surface area contributed by atoms with E-state index in [1.807, 2.05) is 0 Å². The Bertz CT molecular complexity index is 1040. The van der Waals surface area contributed by atoms with Crippen LogP contribution in [0.1, 0.15) is 10.4 Å². The Morgan fingerprint density at radius 1 is 1.22 bits per heavy atom. The predicted molar refractivity (Wildman–Crippen MR) is 90.3 cm³/mol. The molecule has 3 rings (SSSR count). The zero-order valence-corrected chi connectivity index (χ0v) is 14.4. The molecule has 0 saturated heterocycles. The average molecular weight is 392 g/mol. The summed E-state index contributed by atoms with van der Waals surface area (Å²) in [5.74, 6) is -2.93. The van der Waals surface area contributed by atoms with Crippen molar-refractivity contribution < 1.29 is 18.5 Å². The van der Waals surface area contributed by atoms with Crippen molar-refractivity contribution in [2.24, 2.45) is 7.05 Å². The number of halogens is 2. The summed E-state index contributed by atoms with van der Waals surface area (Å²) in [5, 5.41) is 24.7. The van der Waals surface area contributed by atoms with Gasteiger partial charge in [-0.25, -0.2) is 13.5 Å². The first-order chi connectivity index (χ1) is 12.8. The van der Waals surface area contributed by atoms with Crippen LogP contribution in [-0.2, 0) is 7.05 Å². The molecular formula is C15H10F2N6O3S. The number of hydrogen-bond acceptors (Lipinski definition) is 7. The summed E-state index contributed by atoms with van der Waals surface area (Å²) in [4.78, 5) is 23.3. The Morgan fingerprint density at radius 2 is 2.00 bits per heavy atom. The number of aromatic nitrogens is 4. The average Bonchev–Trinajstić information content (AvgIpc) is 3.03. The van der Waals surface area contributed by atoms with Crippen molar-refractivity contribution >= 4 is 29.0 Å². The highest BCUT2D eigenvalue weighted by molar-refractivity contribution is 7.99. The van der Waals surface area contributed by atoms with Crippen LogP contribution in [0.15, 0.2) is 46.5 Å². The van der Waals surface area contributed by atoms with Crippen molar-refractivity contribution in [3.8, 4) is 0 Å². The van der Waals surface area contributed by atoms with Crippen LogP contribution in [0.5, 0.6) is 0 Å². The number of carbonyl (C=O) groups is 1. The summed E-state index contributed by atoms with van der Waals surface area (Å²) < 4.78 is 27.7. The standard InChI is InChI=1S/C15H10F2N6O3S/c1-22-15(19-20-21-22)27-13-5-3-9(23(25)26)7-10(13)14(24)18-8-2-4-11(16)12(17)6-8/h2-7H,1H3,(H,18,24). The fraction of sp³-hybridized carbons (Fsp3) is 0.0667. The molecule has 3 aromatic rings. The van der Waals surface area contributed by atoms with E-state index in [1.54, 1.807) is 7.05 Å². The highest BCUT2D eigenvalue weighted by atomic mass is 32.2. The number of benzene rings is 2. The summed E-state index contributed by atoms with van der Waals surface area (Å²) >= 11 is 1.02. The molecule has 1 heterocycles. The fourth-order valence-corrected chi connectivity index (χ4v) is 2.92. The molecule has 0 spiro atoms. The van der Waals surface area contributed by atoms with Gasteiger partial charge in [-0.15, -0.1) is 5.10 Å². The predicted octanol–water partition coefficient (Wildman–Crippen LogP) is 2.80. The lowest BCUT2D eigenvalue weighted by molar-refractivity contribution is -0.384. The van der Waals surface area contributed by atoms with Gasteiger partial charge in [0, 0.05) is 35.8 Å². The highest BCUT2D eigenvalue weighted by Gasteiger charge is 2.20. The van der Waals surface area contributed by atoms with Gasteiger partial charge in [-0.2, -0.15) is 0 Å². The molecule has 0 unspecified atom stereocenters. The van der Waals surface area contributed by atoms with E-state index in [0.29, 0.717) is 10.1 Å². The van der Waals surface area contributed by atoms with Crippen LogP contribution in [0.3, 0.4) is 0 Å². The molecule has 0 aliphatic heterocycles. The molecule has 0 saturated carbocycles. The third kappa shape index (κ3) is 4.06. The molecule has 27 heavy (non-hydrogen) atoms. The molecule has 1 N–H and O–H groups in total. The number of aryl methyl sites for hydroxylation is 1. The van der Waals surface area contributed by atoms with Crippen molar-refractivity contribution in [1.82, 2.24) is 20.2 Å².